The van der Waals surface area contributed by atoms with Crippen LogP contribution < -0.4 is 4.31 Å². The molecule has 0 N–H and O–H groups in total. The van der Waals surface area contributed by atoms with Crippen LogP contribution in [0.5, 0.6) is 0 Å². The Balaban J connectivity index is 1.54. The largest absolute Gasteiger partial charge is 0.455 e. The molecule has 3 aromatic rings. The lowest BCUT2D eigenvalue weighted by Crippen LogP contribution is -2.34. The number of anilines is 1. The summed E-state index contributed by atoms with van der Waals surface area (Å²) in [6, 6.07) is 9.37. The van der Waals surface area contributed by atoms with Crippen molar-refractivity contribution < 1.29 is 41.0 Å². The molecule has 224 valence electrons. The van der Waals surface area contributed by atoms with Gasteiger partial charge in [-0.15, -0.1) is 0 Å². The Hall–Kier alpha value is -2.83. The lowest BCUT2D eigenvalue weighted by Gasteiger charge is -2.25. The van der Waals surface area contributed by atoms with Crippen molar-refractivity contribution in [2.75, 3.05) is 70.5 Å². The van der Waals surface area contributed by atoms with E-state index in [9.17, 15) is 17.6 Å². The standard InChI is InChI=1S/C30H38FNO8S/c1-4-27(33)29-25-19-24(21-5-6-21)26(20-28(25)40-30(29)22-7-9-23(31)10-8-22)32(41(3,34)35)11-12-37-15-16-39-18-17-38-14-13-36-2/h7-10,19-21H,4-6,11-18H2,1-3H3. The van der Waals surface area contributed by atoms with Crippen LogP contribution in [-0.2, 0) is 29.0 Å². The topological polar surface area (TPSA) is 105 Å². The van der Waals surface area contributed by atoms with E-state index < -0.39 is 15.8 Å². The third-order valence-electron chi connectivity index (χ3n) is 6.84. The van der Waals surface area contributed by atoms with Crippen LogP contribution in [0.1, 0.15) is 48.0 Å². The first-order chi connectivity index (χ1) is 19.7. The van der Waals surface area contributed by atoms with Crippen molar-refractivity contribution in [2.45, 2.75) is 32.1 Å². The normalized spacial score (nSPS) is 13.7. The molecule has 0 atom stereocenters. The van der Waals surface area contributed by atoms with Crippen LogP contribution in [-0.4, -0.2) is 80.4 Å². The number of ketones is 1. The van der Waals surface area contributed by atoms with Crippen LogP contribution in [0, 0.1) is 5.82 Å². The summed E-state index contributed by atoms with van der Waals surface area (Å²) in [5, 5.41) is 0.634. The number of halogens is 1. The minimum atomic E-state index is -3.66. The number of hydrogen-bond donors (Lipinski definition) is 0. The van der Waals surface area contributed by atoms with E-state index in [1.807, 2.05) is 6.07 Å². The van der Waals surface area contributed by atoms with Crippen molar-refractivity contribution in [3.63, 3.8) is 0 Å². The maximum absolute atomic E-state index is 13.6. The average Bonchev–Trinajstić information content (AvgIpc) is 3.73. The molecule has 41 heavy (non-hydrogen) atoms. The molecule has 0 spiro atoms. The highest BCUT2D eigenvalue weighted by atomic mass is 32.2. The first kappa shape index (κ1) is 31.1. The van der Waals surface area contributed by atoms with Gasteiger partial charge in [-0.2, -0.15) is 0 Å². The minimum absolute atomic E-state index is 0.102. The summed E-state index contributed by atoms with van der Waals surface area (Å²) in [4.78, 5) is 13.1. The van der Waals surface area contributed by atoms with E-state index in [1.54, 1.807) is 32.2 Å². The van der Waals surface area contributed by atoms with E-state index >= 15 is 0 Å². The summed E-state index contributed by atoms with van der Waals surface area (Å²) in [7, 11) is -2.05. The van der Waals surface area contributed by atoms with Crippen LogP contribution in [0.2, 0.25) is 0 Å². The highest BCUT2D eigenvalue weighted by Gasteiger charge is 2.33. The highest BCUT2D eigenvalue weighted by Crippen LogP contribution is 2.48. The third-order valence-corrected chi connectivity index (χ3v) is 8.02. The number of sulfonamides is 1. The van der Waals surface area contributed by atoms with Gasteiger partial charge in [-0.1, -0.05) is 6.92 Å². The van der Waals surface area contributed by atoms with Crippen molar-refractivity contribution in [1.29, 1.82) is 0 Å². The summed E-state index contributed by atoms with van der Waals surface area (Å²) < 4.78 is 68.5. The molecule has 1 aliphatic rings. The van der Waals surface area contributed by atoms with Gasteiger partial charge in [-0.05, 0) is 54.7 Å². The van der Waals surface area contributed by atoms with Gasteiger partial charge in [0.25, 0.3) is 0 Å². The van der Waals surface area contributed by atoms with Crippen LogP contribution >= 0.6 is 0 Å². The second-order valence-corrected chi connectivity index (χ2v) is 11.8. The SMILES string of the molecule is CCC(=O)c1c(-c2ccc(F)cc2)oc2cc(N(CCOCCOCCOCCOC)S(C)(=O)=O)c(C3CC3)cc12. The first-order valence-electron chi connectivity index (χ1n) is 13.8. The van der Waals surface area contributed by atoms with Crippen LogP contribution in [0.25, 0.3) is 22.3 Å². The van der Waals surface area contributed by atoms with Gasteiger partial charge in [0.05, 0.1) is 70.3 Å². The van der Waals surface area contributed by atoms with Crippen molar-refractivity contribution in [2.24, 2.45) is 0 Å². The Kier molecular flexibility index (Phi) is 10.9. The number of carbonyl (C=O) groups is 1. The fourth-order valence-corrected chi connectivity index (χ4v) is 5.56. The molecule has 2 aromatic carbocycles. The Labute approximate surface area is 240 Å². The molecule has 0 aliphatic heterocycles. The fourth-order valence-electron chi connectivity index (χ4n) is 4.64. The quantitative estimate of drug-likeness (QED) is 0.147. The van der Waals surface area contributed by atoms with E-state index in [-0.39, 0.29) is 31.3 Å². The molecule has 9 nitrogen and oxygen atoms in total. The maximum atomic E-state index is 13.6. The molecular weight excluding hydrogens is 553 g/mol. The van der Waals surface area contributed by atoms with Crippen LogP contribution in [0.15, 0.2) is 40.8 Å². The molecule has 1 fully saturated rings. The minimum Gasteiger partial charge on any atom is -0.455 e. The predicted octanol–water partition coefficient (Wildman–Crippen LogP) is 5.17. The van der Waals surface area contributed by atoms with Crippen molar-refractivity contribution >= 4 is 32.5 Å². The van der Waals surface area contributed by atoms with Crippen LogP contribution in [0.4, 0.5) is 10.1 Å². The number of ether oxygens (including phenoxy) is 4. The van der Waals surface area contributed by atoms with Gasteiger partial charge >= 0.3 is 0 Å². The molecule has 4 rings (SSSR count). The lowest BCUT2D eigenvalue weighted by molar-refractivity contribution is 0.00475. The Morgan fingerprint density at radius 2 is 1.59 bits per heavy atom. The second kappa shape index (κ2) is 14.4. The van der Waals surface area contributed by atoms with Gasteiger partial charge in [0.1, 0.15) is 17.2 Å². The first-order valence-corrected chi connectivity index (χ1v) is 15.7. The van der Waals surface area contributed by atoms with E-state index in [4.69, 9.17) is 23.4 Å². The molecule has 0 saturated heterocycles. The number of rotatable bonds is 18. The number of Topliss-reactive ketones (excluding diaryl/α,β-unsaturated/α-hetero) is 1. The van der Waals surface area contributed by atoms with Gasteiger partial charge in [0.2, 0.25) is 10.0 Å². The fraction of sp³-hybridized carbons (Fsp3) is 0.500. The molecule has 11 heteroatoms. The van der Waals surface area contributed by atoms with Gasteiger partial charge < -0.3 is 23.4 Å². The Morgan fingerprint density at radius 1 is 0.976 bits per heavy atom. The summed E-state index contributed by atoms with van der Waals surface area (Å²) in [6.07, 6.45) is 3.29. The lowest BCUT2D eigenvalue weighted by atomic mass is 9.97. The predicted molar refractivity (Wildman–Crippen MR) is 155 cm³/mol. The van der Waals surface area contributed by atoms with E-state index in [2.05, 4.69) is 0 Å². The van der Waals surface area contributed by atoms with Crippen molar-refractivity contribution in [3.8, 4) is 11.3 Å². The van der Waals surface area contributed by atoms with Crippen molar-refractivity contribution in [3.05, 3.63) is 53.3 Å². The molecule has 1 saturated carbocycles. The molecular formula is C30H38FNO8S. The molecule has 1 aliphatic carbocycles. The van der Waals surface area contributed by atoms with E-state index in [0.717, 1.165) is 18.4 Å². The second-order valence-electron chi connectivity index (χ2n) is 9.94. The number of methoxy groups -OCH3 is 1. The summed E-state index contributed by atoms with van der Waals surface area (Å²) in [6.45, 7) is 4.65. The molecule has 1 aromatic heterocycles. The number of fused-ring (bicyclic) bond motifs is 1. The Morgan fingerprint density at radius 3 is 2.15 bits per heavy atom. The molecule has 0 unspecified atom stereocenters. The van der Waals surface area contributed by atoms with Gasteiger partial charge in [0, 0.05) is 30.5 Å². The number of carbonyl (C=O) groups excluding carboxylic acids is 1. The maximum Gasteiger partial charge on any atom is 0.232 e. The highest BCUT2D eigenvalue weighted by molar-refractivity contribution is 7.92. The third kappa shape index (κ3) is 8.14. The number of hydrogen-bond acceptors (Lipinski definition) is 8. The zero-order chi connectivity index (χ0) is 29.4. The molecule has 0 amide bonds. The summed E-state index contributed by atoms with van der Waals surface area (Å²) in [5.74, 6) is 0.0441. The smallest absolute Gasteiger partial charge is 0.232 e. The summed E-state index contributed by atoms with van der Waals surface area (Å²) >= 11 is 0. The van der Waals surface area contributed by atoms with E-state index in [1.165, 1.54) is 22.7 Å². The monoisotopic (exact) mass is 591 g/mol. The van der Waals surface area contributed by atoms with Gasteiger partial charge in [-0.3, -0.25) is 9.10 Å². The average molecular weight is 592 g/mol. The Bertz CT molecular complexity index is 1420. The molecule has 1 heterocycles. The van der Waals surface area contributed by atoms with E-state index in [0.29, 0.717) is 73.2 Å². The zero-order valence-corrected chi connectivity index (χ0v) is 24.6. The zero-order valence-electron chi connectivity index (χ0n) is 23.8. The van der Waals surface area contributed by atoms with Gasteiger partial charge in [-0.25, -0.2) is 12.8 Å². The number of nitrogens with zero attached hydrogens (tertiary/aromatic N) is 1. The molecule has 0 bridgehead atoms. The summed E-state index contributed by atoms with van der Waals surface area (Å²) in [5.41, 5.74) is 2.78. The molecule has 0 radical (unpaired) electrons. The number of furan rings is 1. The van der Waals surface area contributed by atoms with Gasteiger partial charge in [0.15, 0.2) is 5.78 Å². The van der Waals surface area contributed by atoms with Crippen molar-refractivity contribution in [1.82, 2.24) is 0 Å². The number of benzene rings is 2. The van der Waals surface area contributed by atoms with Crippen LogP contribution in [0.3, 0.4) is 0 Å².